The van der Waals surface area contributed by atoms with Gasteiger partial charge in [-0.25, -0.2) is 9.48 Å². The second-order valence-corrected chi connectivity index (χ2v) is 4.10. The first-order valence-electron chi connectivity index (χ1n) is 6.10. The Hall–Kier alpha value is -2.85. The molecule has 111 valence electrons. The van der Waals surface area contributed by atoms with Gasteiger partial charge in [0.15, 0.2) is 6.17 Å². The fourth-order valence-electron chi connectivity index (χ4n) is 1.80. The normalized spacial score (nSPS) is 16.8. The van der Waals surface area contributed by atoms with Crippen molar-refractivity contribution in [3.05, 3.63) is 6.33 Å². The van der Waals surface area contributed by atoms with Crippen molar-refractivity contribution >= 4 is 24.1 Å². The number of piperazine rings is 1. The van der Waals surface area contributed by atoms with Crippen LogP contribution in [0.15, 0.2) is 6.33 Å². The number of nitrogens with zero attached hydrogens (tertiary/aromatic N) is 6. The maximum Gasteiger partial charge on any atom is 0.326 e. The van der Waals surface area contributed by atoms with Crippen LogP contribution in [0.1, 0.15) is 13.1 Å². The number of rotatable bonds is 4. The topological polar surface area (TPSA) is 130 Å². The van der Waals surface area contributed by atoms with E-state index in [2.05, 4.69) is 20.8 Å². The number of imide groups is 1. The van der Waals surface area contributed by atoms with Crippen molar-refractivity contribution in [1.82, 2.24) is 35.3 Å². The zero-order valence-corrected chi connectivity index (χ0v) is 11.1. The summed E-state index contributed by atoms with van der Waals surface area (Å²) in [4.78, 5) is 48.4. The molecule has 4 amide bonds. The SMILES string of the molecule is CCN1CCN(C(=O)NC([C]=O)n2cnnn2)C(=O)C1=O. The number of carbonyl (C=O) groups excluding carboxylic acids is 4. The van der Waals surface area contributed by atoms with E-state index in [0.717, 1.165) is 15.9 Å². The van der Waals surface area contributed by atoms with E-state index < -0.39 is 24.0 Å². The van der Waals surface area contributed by atoms with Gasteiger partial charge in [-0.1, -0.05) is 0 Å². The molecule has 1 aromatic rings. The number of carbonyl (C=O) groups is 3. The average molecular weight is 294 g/mol. The molecule has 1 atom stereocenters. The highest BCUT2D eigenvalue weighted by molar-refractivity contribution is 6.38. The number of likely N-dealkylation sites (N-methyl/N-ethyl adjacent to an activating group) is 1. The van der Waals surface area contributed by atoms with Crippen LogP contribution in [0.5, 0.6) is 0 Å². The average Bonchev–Trinajstić information content (AvgIpc) is 3.01. The third-order valence-electron chi connectivity index (χ3n) is 2.94. The first kappa shape index (κ1) is 14.6. The lowest BCUT2D eigenvalue weighted by molar-refractivity contribution is -0.153. The Morgan fingerprint density at radius 1 is 1.43 bits per heavy atom. The molecule has 11 heteroatoms. The van der Waals surface area contributed by atoms with Gasteiger partial charge in [-0.15, -0.1) is 5.10 Å². The molecular formula is C10H12N7O4. The largest absolute Gasteiger partial charge is 0.333 e. The molecule has 1 aromatic heterocycles. The second-order valence-electron chi connectivity index (χ2n) is 4.10. The van der Waals surface area contributed by atoms with Crippen LogP contribution >= 0.6 is 0 Å². The van der Waals surface area contributed by atoms with E-state index in [-0.39, 0.29) is 13.1 Å². The van der Waals surface area contributed by atoms with Crippen molar-refractivity contribution in [2.24, 2.45) is 0 Å². The number of tetrazole rings is 1. The molecule has 2 rings (SSSR count). The molecule has 0 aromatic carbocycles. The van der Waals surface area contributed by atoms with Crippen molar-refractivity contribution in [2.45, 2.75) is 13.1 Å². The van der Waals surface area contributed by atoms with Crippen LogP contribution in [-0.2, 0) is 14.4 Å². The van der Waals surface area contributed by atoms with Crippen LogP contribution in [-0.4, -0.2) is 73.8 Å². The standard InChI is InChI=1S/C10H12N7O4/c1-2-15-3-4-16(9(20)8(15)19)10(21)12-7(5-18)17-6-11-13-14-17/h6-7H,2-4H2,1H3,(H,12,21). The summed E-state index contributed by atoms with van der Waals surface area (Å²) in [7, 11) is 0. The van der Waals surface area contributed by atoms with Crippen LogP contribution in [0.4, 0.5) is 4.79 Å². The van der Waals surface area contributed by atoms with Crippen LogP contribution in [0, 0.1) is 0 Å². The lowest BCUT2D eigenvalue weighted by Crippen LogP contribution is -2.58. The minimum absolute atomic E-state index is 0.0471. The highest BCUT2D eigenvalue weighted by Crippen LogP contribution is 2.06. The number of hydrogen-bond donors (Lipinski definition) is 1. The van der Waals surface area contributed by atoms with E-state index in [1.807, 2.05) is 0 Å². The highest BCUT2D eigenvalue weighted by atomic mass is 16.2. The summed E-state index contributed by atoms with van der Waals surface area (Å²) in [6.45, 7) is 2.41. The lowest BCUT2D eigenvalue weighted by Gasteiger charge is -2.32. The summed E-state index contributed by atoms with van der Waals surface area (Å²) in [5.74, 6) is -1.70. The van der Waals surface area contributed by atoms with Gasteiger partial charge in [-0.3, -0.25) is 19.3 Å². The van der Waals surface area contributed by atoms with Gasteiger partial charge in [0.05, 0.1) is 0 Å². The minimum atomic E-state index is -1.28. The van der Waals surface area contributed by atoms with E-state index in [1.54, 1.807) is 6.92 Å². The Labute approximate surface area is 118 Å². The molecule has 21 heavy (non-hydrogen) atoms. The molecule has 0 aliphatic carbocycles. The van der Waals surface area contributed by atoms with E-state index in [1.165, 1.54) is 11.2 Å². The van der Waals surface area contributed by atoms with Gasteiger partial charge >= 0.3 is 17.8 Å². The molecule has 1 fully saturated rings. The smallest absolute Gasteiger partial charge is 0.326 e. The summed E-state index contributed by atoms with van der Waals surface area (Å²) in [5, 5.41) is 12.3. The quantitative estimate of drug-likeness (QED) is 0.617. The molecular weight excluding hydrogens is 282 g/mol. The van der Waals surface area contributed by atoms with Gasteiger partial charge < -0.3 is 10.2 Å². The fourth-order valence-corrected chi connectivity index (χ4v) is 1.80. The van der Waals surface area contributed by atoms with Crippen LogP contribution < -0.4 is 5.32 Å². The summed E-state index contributed by atoms with van der Waals surface area (Å²) in [6, 6.07) is -0.882. The highest BCUT2D eigenvalue weighted by Gasteiger charge is 2.36. The number of nitrogens with one attached hydrogen (secondary N) is 1. The number of urea groups is 1. The molecule has 1 N–H and O–H groups in total. The Kier molecular flexibility index (Phi) is 4.21. The van der Waals surface area contributed by atoms with Crippen molar-refractivity contribution in [3.8, 4) is 0 Å². The van der Waals surface area contributed by atoms with Gasteiger partial charge in [-0.2, -0.15) is 0 Å². The van der Waals surface area contributed by atoms with E-state index in [9.17, 15) is 19.2 Å². The van der Waals surface area contributed by atoms with Gasteiger partial charge in [0.1, 0.15) is 6.33 Å². The molecule has 1 saturated heterocycles. The zero-order valence-electron chi connectivity index (χ0n) is 11.1. The molecule has 1 aliphatic heterocycles. The second kappa shape index (κ2) is 6.07. The Bertz CT molecular complexity index is 558. The molecule has 1 unspecified atom stereocenters. The zero-order chi connectivity index (χ0) is 15.4. The maximum atomic E-state index is 12.0. The molecule has 0 spiro atoms. The first-order chi connectivity index (χ1) is 10.1. The van der Waals surface area contributed by atoms with Crippen molar-refractivity contribution < 1.29 is 19.2 Å². The Morgan fingerprint density at radius 3 is 2.76 bits per heavy atom. The molecule has 1 radical (unpaired) electrons. The predicted molar refractivity (Wildman–Crippen MR) is 65.0 cm³/mol. The predicted octanol–water partition coefficient (Wildman–Crippen LogP) is -2.32. The van der Waals surface area contributed by atoms with Crippen molar-refractivity contribution in [1.29, 1.82) is 0 Å². The number of hydrogen-bond acceptors (Lipinski definition) is 7. The number of amides is 4. The third kappa shape index (κ3) is 2.85. The van der Waals surface area contributed by atoms with E-state index >= 15 is 0 Å². The van der Waals surface area contributed by atoms with E-state index in [4.69, 9.17) is 0 Å². The van der Waals surface area contributed by atoms with Crippen LogP contribution in [0.3, 0.4) is 0 Å². The van der Waals surface area contributed by atoms with Gasteiger partial charge in [0, 0.05) is 19.6 Å². The van der Waals surface area contributed by atoms with Crippen molar-refractivity contribution in [2.75, 3.05) is 19.6 Å². The lowest BCUT2D eigenvalue weighted by atomic mass is 10.3. The molecule has 2 heterocycles. The fraction of sp³-hybridized carbons (Fsp3) is 0.500. The van der Waals surface area contributed by atoms with E-state index in [0.29, 0.717) is 6.54 Å². The molecule has 0 bridgehead atoms. The first-order valence-corrected chi connectivity index (χ1v) is 6.10. The van der Waals surface area contributed by atoms with Crippen molar-refractivity contribution in [3.63, 3.8) is 0 Å². The van der Waals surface area contributed by atoms with Gasteiger partial charge in [-0.05, 0) is 17.4 Å². The van der Waals surface area contributed by atoms with Gasteiger partial charge in [0.2, 0.25) is 6.29 Å². The monoisotopic (exact) mass is 294 g/mol. The minimum Gasteiger partial charge on any atom is -0.333 e. The summed E-state index contributed by atoms with van der Waals surface area (Å²) < 4.78 is 0.958. The third-order valence-corrected chi connectivity index (χ3v) is 2.94. The van der Waals surface area contributed by atoms with Crippen LogP contribution in [0.2, 0.25) is 0 Å². The molecule has 11 nitrogen and oxygen atoms in total. The summed E-state index contributed by atoms with van der Waals surface area (Å²) in [6.07, 6.45) is 1.36. The molecule has 1 aliphatic rings. The molecule has 0 saturated carbocycles. The number of aromatic nitrogens is 4. The summed E-state index contributed by atoms with van der Waals surface area (Å²) in [5.41, 5.74) is 0. The maximum absolute atomic E-state index is 12.0. The van der Waals surface area contributed by atoms with Crippen LogP contribution in [0.25, 0.3) is 0 Å². The Morgan fingerprint density at radius 2 is 2.19 bits per heavy atom. The Balaban J connectivity index is 2.05. The van der Waals surface area contributed by atoms with Gasteiger partial charge in [0.25, 0.3) is 0 Å². The summed E-state index contributed by atoms with van der Waals surface area (Å²) >= 11 is 0.